The minimum Gasteiger partial charge on any atom is -0.385 e. The third-order valence-corrected chi connectivity index (χ3v) is 0.607. The molecule has 0 radical (unpaired) electrons. The van der Waals surface area contributed by atoms with Crippen molar-refractivity contribution < 1.29 is 13.2 Å². The van der Waals surface area contributed by atoms with Crippen molar-refractivity contribution in [3.05, 3.63) is 43.1 Å². The minimum atomic E-state index is -3.08. The third kappa shape index (κ3) is 22.5. The second-order valence-corrected chi connectivity index (χ2v) is 1.29. The van der Waals surface area contributed by atoms with Crippen LogP contribution in [-0.4, -0.2) is 23.1 Å². The Hall–Kier alpha value is 0.0662. The molecule has 0 aromatic heterocycles. The molecule has 0 amide bonds. The fourth-order valence-corrected chi connectivity index (χ4v) is 0.342. The van der Waals surface area contributed by atoms with E-state index in [1.165, 1.54) is 0 Å². The van der Waals surface area contributed by atoms with Gasteiger partial charge in [0.25, 0.3) is 0 Å². The molecular weight excluding hydrogens is 201 g/mol. The molecule has 12 heavy (non-hydrogen) atoms. The number of hydrogen-bond acceptors (Lipinski definition) is 0. The summed E-state index contributed by atoms with van der Waals surface area (Å²) in [7, 11) is 0. The van der Waals surface area contributed by atoms with Crippen molar-refractivity contribution in [2.75, 3.05) is 0 Å². The summed E-state index contributed by atoms with van der Waals surface area (Å²) in [5.41, 5.74) is 0. The van der Waals surface area contributed by atoms with Crippen molar-refractivity contribution in [1.82, 2.24) is 0 Å². The standard InChI is InChI=1S/C6H5.CF3.ClH.Mg/c1-2-4-6-5-3-1;2-1(3)4;;/h1-5H;;1H;/q2*-1;;+2. The Kier molecular flexibility index (Phi) is 20.4. The van der Waals surface area contributed by atoms with E-state index < -0.39 is 6.68 Å². The Bertz CT molecular complexity index is 119. The molecule has 0 saturated heterocycles. The summed E-state index contributed by atoms with van der Waals surface area (Å²) in [5.74, 6) is 0. The minimum absolute atomic E-state index is 0. The Balaban J connectivity index is -0.000000124. The molecule has 0 aliphatic heterocycles. The summed E-state index contributed by atoms with van der Waals surface area (Å²) in [6, 6.07) is 12.5. The van der Waals surface area contributed by atoms with Crippen LogP contribution in [0.15, 0.2) is 30.3 Å². The molecule has 0 N–H and O–H groups in total. The summed E-state index contributed by atoms with van der Waals surface area (Å²) in [6.07, 6.45) is 0. The van der Waals surface area contributed by atoms with Gasteiger partial charge in [-0.15, -0.1) is 12.4 Å². The molecule has 1 aromatic carbocycles. The van der Waals surface area contributed by atoms with Crippen LogP contribution in [0.4, 0.5) is 13.2 Å². The van der Waals surface area contributed by atoms with Crippen molar-refractivity contribution in [1.29, 1.82) is 0 Å². The van der Waals surface area contributed by atoms with Crippen LogP contribution < -0.4 is 0 Å². The van der Waals surface area contributed by atoms with Gasteiger partial charge in [0, 0.05) is 0 Å². The van der Waals surface area contributed by atoms with Crippen LogP contribution in [0.5, 0.6) is 0 Å². The van der Waals surface area contributed by atoms with Crippen LogP contribution in [0.3, 0.4) is 0 Å². The first kappa shape index (κ1) is 18.0. The molecule has 0 atom stereocenters. The monoisotopic (exact) mass is 206 g/mol. The van der Waals surface area contributed by atoms with Crippen molar-refractivity contribution in [3.63, 3.8) is 0 Å². The molecular formula is C7H6ClF3Mg. The van der Waals surface area contributed by atoms with Gasteiger partial charge in [0.1, 0.15) is 0 Å². The summed E-state index contributed by atoms with van der Waals surface area (Å²) >= 11 is 0. The fraction of sp³-hybridized carbons (Fsp3) is 0. The predicted molar refractivity (Wildman–Crippen MR) is 44.8 cm³/mol. The molecule has 1 rings (SSSR count). The zero-order chi connectivity index (χ0) is 7.82. The van der Waals surface area contributed by atoms with Crippen molar-refractivity contribution >= 4 is 35.5 Å². The van der Waals surface area contributed by atoms with E-state index in [9.17, 15) is 13.2 Å². The van der Waals surface area contributed by atoms with Gasteiger partial charge < -0.3 is 13.2 Å². The molecule has 64 valence electrons. The summed E-state index contributed by atoms with van der Waals surface area (Å²) < 4.78 is 28.8. The van der Waals surface area contributed by atoms with Gasteiger partial charge in [-0.1, -0.05) is 0 Å². The average molecular weight is 207 g/mol. The first-order valence-corrected chi connectivity index (χ1v) is 2.48. The topological polar surface area (TPSA) is 0 Å². The predicted octanol–water partition coefficient (Wildman–Crippen LogP) is 2.87. The zero-order valence-electron chi connectivity index (χ0n) is 6.14. The van der Waals surface area contributed by atoms with E-state index >= 15 is 0 Å². The van der Waals surface area contributed by atoms with Crippen LogP contribution in [0.1, 0.15) is 0 Å². The molecule has 0 aliphatic rings. The second kappa shape index (κ2) is 13.6. The van der Waals surface area contributed by atoms with Gasteiger partial charge in [0.15, 0.2) is 6.68 Å². The Morgan fingerprint density at radius 3 is 1.33 bits per heavy atom. The van der Waals surface area contributed by atoms with Gasteiger partial charge >= 0.3 is 23.1 Å². The van der Waals surface area contributed by atoms with Crippen LogP contribution in [-0.2, 0) is 0 Å². The Morgan fingerprint density at radius 2 is 1.25 bits per heavy atom. The van der Waals surface area contributed by atoms with Crippen LogP contribution in [0, 0.1) is 12.7 Å². The fourth-order valence-electron chi connectivity index (χ4n) is 0.342. The van der Waals surface area contributed by atoms with Crippen LogP contribution >= 0.6 is 12.4 Å². The van der Waals surface area contributed by atoms with Gasteiger partial charge in [0.05, 0.1) is 0 Å². The molecule has 5 heteroatoms. The van der Waals surface area contributed by atoms with E-state index in [1.807, 2.05) is 30.3 Å². The Labute approximate surface area is 91.7 Å². The summed E-state index contributed by atoms with van der Waals surface area (Å²) in [4.78, 5) is 0. The van der Waals surface area contributed by atoms with E-state index in [-0.39, 0.29) is 35.5 Å². The molecule has 0 bridgehead atoms. The molecule has 0 heterocycles. The molecule has 0 saturated carbocycles. The van der Waals surface area contributed by atoms with Gasteiger partial charge in [-0.05, 0) is 0 Å². The first-order chi connectivity index (χ1) is 4.73. The van der Waals surface area contributed by atoms with Crippen LogP contribution in [0.25, 0.3) is 0 Å². The maximum absolute atomic E-state index is 9.58. The molecule has 0 aliphatic carbocycles. The van der Waals surface area contributed by atoms with Gasteiger partial charge in [0.2, 0.25) is 0 Å². The molecule has 0 spiro atoms. The summed E-state index contributed by atoms with van der Waals surface area (Å²) in [5, 5.41) is 0. The average Bonchev–Trinajstić information content (AvgIpc) is 1.90. The van der Waals surface area contributed by atoms with Crippen molar-refractivity contribution in [2.24, 2.45) is 0 Å². The normalized spacial score (nSPS) is 7.00. The van der Waals surface area contributed by atoms with Gasteiger partial charge in [-0.25, -0.2) is 0 Å². The molecule has 1 aromatic rings. The van der Waals surface area contributed by atoms with E-state index in [0.29, 0.717) is 0 Å². The Morgan fingerprint density at radius 1 is 0.917 bits per heavy atom. The molecule has 0 nitrogen and oxygen atoms in total. The quantitative estimate of drug-likeness (QED) is 0.453. The SMILES string of the molecule is Cl.F[C-](F)F.[Mg+2].[c-]1ccccc1. The van der Waals surface area contributed by atoms with Gasteiger partial charge in [-0.3, -0.25) is 0 Å². The molecule has 0 fully saturated rings. The maximum atomic E-state index is 9.58. The van der Waals surface area contributed by atoms with Crippen molar-refractivity contribution in [3.8, 4) is 0 Å². The molecule has 0 unspecified atom stereocenters. The maximum Gasteiger partial charge on any atom is 2.00 e. The number of halogens is 4. The van der Waals surface area contributed by atoms with Crippen molar-refractivity contribution in [2.45, 2.75) is 0 Å². The van der Waals surface area contributed by atoms with E-state index in [4.69, 9.17) is 0 Å². The largest absolute Gasteiger partial charge is 2.00 e. The zero-order valence-corrected chi connectivity index (χ0v) is 8.37. The van der Waals surface area contributed by atoms with Crippen LogP contribution in [0.2, 0.25) is 0 Å². The van der Waals surface area contributed by atoms with E-state index in [1.54, 1.807) is 0 Å². The summed E-state index contributed by atoms with van der Waals surface area (Å²) in [6.45, 7) is -3.08. The smallest absolute Gasteiger partial charge is 0.385 e. The van der Waals surface area contributed by atoms with E-state index in [2.05, 4.69) is 6.07 Å². The second-order valence-electron chi connectivity index (χ2n) is 1.29. The number of benzene rings is 1. The number of rotatable bonds is 0. The third-order valence-electron chi connectivity index (χ3n) is 0.607. The van der Waals surface area contributed by atoms with Gasteiger partial charge in [-0.2, -0.15) is 36.4 Å². The first-order valence-electron chi connectivity index (χ1n) is 2.48. The number of hydrogen-bond donors (Lipinski definition) is 0. The van der Waals surface area contributed by atoms with E-state index in [0.717, 1.165) is 0 Å².